The van der Waals surface area contributed by atoms with E-state index in [1.165, 1.54) is 5.56 Å². The second kappa shape index (κ2) is 7.79. The quantitative estimate of drug-likeness (QED) is 0.739. The number of nitrogens with one attached hydrogen (secondary N) is 1. The first kappa shape index (κ1) is 15.5. The van der Waals surface area contributed by atoms with Crippen LogP contribution in [0.1, 0.15) is 32.3 Å². The molecule has 4 heteroatoms. The number of hydrogen-bond donors (Lipinski definition) is 2. The van der Waals surface area contributed by atoms with Crippen LogP contribution in [-0.4, -0.2) is 25.6 Å². The van der Waals surface area contributed by atoms with Crippen molar-refractivity contribution in [1.29, 1.82) is 0 Å². The molecule has 0 aliphatic rings. The normalized spacial score (nSPS) is 12.3. The molecule has 1 amide bonds. The van der Waals surface area contributed by atoms with Crippen LogP contribution in [-0.2, 0) is 4.79 Å². The van der Waals surface area contributed by atoms with Crippen molar-refractivity contribution >= 4 is 5.91 Å². The Morgan fingerprint density at radius 3 is 2.42 bits per heavy atom. The first-order valence-electron chi connectivity index (χ1n) is 6.75. The summed E-state index contributed by atoms with van der Waals surface area (Å²) < 4.78 is 5.56. The van der Waals surface area contributed by atoms with Gasteiger partial charge in [0.15, 0.2) is 0 Å². The van der Waals surface area contributed by atoms with Crippen LogP contribution >= 0.6 is 0 Å². The van der Waals surface area contributed by atoms with Crippen molar-refractivity contribution in [3.63, 3.8) is 0 Å². The standard InChI is InChI=1S/C15H24N2O2/c1-11(2)13-4-6-14(7-5-13)19-9-8-17-15(18)12(3)10-16/h4-7,11-12H,8-10,16H2,1-3H3,(H,17,18). The molecule has 0 fully saturated rings. The lowest BCUT2D eigenvalue weighted by molar-refractivity contribution is -0.124. The number of amides is 1. The third-order valence-corrected chi connectivity index (χ3v) is 3.02. The van der Waals surface area contributed by atoms with Crippen molar-refractivity contribution in [1.82, 2.24) is 5.32 Å². The van der Waals surface area contributed by atoms with Crippen LogP contribution in [0.5, 0.6) is 5.75 Å². The summed E-state index contributed by atoms with van der Waals surface area (Å²) >= 11 is 0. The molecule has 4 nitrogen and oxygen atoms in total. The van der Waals surface area contributed by atoms with Gasteiger partial charge in [-0.15, -0.1) is 0 Å². The maximum atomic E-state index is 11.5. The second-order valence-electron chi connectivity index (χ2n) is 5.00. The minimum atomic E-state index is -0.148. The van der Waals surface area contributed by atoms with Crippen molar-refractivity contribution in [2.75, 3.05) is 19.7 Å². The maximum absolute atomic E-state index is 11.5. The van der Waals surface area contributed by atoms with Crippen LogP contribution in [0.25, 0.3) is 0 Å². The highest BCUT2D eigenvalue weighted by Gasteiger charge is 2.09. The van der Waals surface area contributed by atoms with E-state index in [2.05, 4.69) is 31.3 Å². The molecular weight excluding hydrogens is 240 g/mol. The highest BCUT2D eigenvalue weighted by Crippen LogP contribution is 2.18. The molecule has 1 aromatic carbocycles. The highest BCUT2D eigenvalue weighted by molar-refractivity contribution is 5.78. The first-order valence-corrected chi connectivity index (χ1v) is 6.75. The third kappa shape index (κ3) is 5.30. The molecule has 0 aliphatic carbocycles. The molecule has 1 rings (SSSR count). The zero-order chi connectivity index (χ0) is 14.3. The summed E-state index contributed by atoms with van der Waals surface area (Å²) in [5.41, 5.74) is 6.70. The average Bonchev–Trinajstić information content (AvgIpc) is 2.42. The van der Waals surface area contributed by atoms with Gasteiger partial charge in [0.1, 0.15) is 12.4 Å². The van der Waals surface area contributed by atoms with E-state index in [0.717, 1.165) is 5.75 Å². The number of carbonyl (C=O) groups is 1. The molecule has 0 spiro atoms. The lowest BCUT2D eigenvalue weighted by Gasteiger charge is -2.11. The third-order valence-electron chi connectivity index (χ3n) is 3.02. The second-order valence-corrected chi connectivity index (χ2v) is 5.00. The van der Waals surface area contributed by atoms with Crippen LogP contribution in [0.4, 0.5) is 0 Å². The van der Waals surface area contributed by atoms with Gasteiger partial charge in [-0.1, -0.05) is 32.9 Å². The molecule has 19 heavy (non-hydrogen) atoms. The Morgan fingerprint density at radius 2 is 1.89 bits per heavy atom. The Kier molecular flexibility index (Phi) is 6.36. The SMILES string of the molecule is CC(CN)C(=O)NCCOc1ccc(C(C)C)cc1. The molecule has 1 aromatic rings. The average molecular weight is 264 g/mol. The van der Waals surface area contributed by atoms with Crippen molar-refractivity contribution in [3.8, 4) is 5.75 Å². The molecule has 0 aliphatic heterocycles. The van der Waals surface area contributed by atoms with Crippen LogP contribution in [0, 0.1) is 5.92 Å². The van der Waals surface area contributed by atoms with E-state index in [4.69, 9.17) is 10.5 Å². The molecule has 0 saturated heterocycles. The number of ether oxygens (including phenoxy) is 1. The van der Waals surface area contributed by atoms with Crippen LogP contribution in [0.15, 0.2) is 24.3 Å². The highest BCUT2D eigenvalue weighted by atomic mass is 16.5. The summed E-state index contributed by atoms with van der Waals surface area (Å²) in [6.45, 7) is 7.44. The van der Waals surface area contributed by atoms with Gasteiger partial charge in [-0.2, -0.15) is 0 Å². The topological polar surface area (TPSA) is 64.4 Å². The van der Waals surface area contributed by atoms with E-state index < -0.39 is 0 Å². The van der Waals surface area contributed by atoms with E-state index >= 15 is 0 Å². The van der Waals surface area contributed by atoms with Gasteiger partial charge in [-0.3, -0.25) is 4.79 Å². The lowest BCUT2D eigenvalue weighted by atomic mass is 10.0. The van der Waals surface area contributed by atoms with Crippen molar-refractivity contribution < 1.29 is 9.53 Å². The minimum absolute atomic E-state index is 0.0266. The fourth-order valence-electron chi connectivity index (χ4n) is 1.57. The van der Waals surface area contributed by atoms with Gasteiger partial charge < -0.3 is 15.8 Å². The predicted molar refractivity (Wildman–Crippen MR) is 77.3 cm³/mol. The molecule has 0 aromatic heterocycles. The fourth-order valence-corrected chi connectivity index (χ4v) is 1.57. The van der Waals surface area contributed by atoms with E-state index in [9.17, 15) is 4.79 Å². The van der Waals surface area contributed by atoms with Gasteiger partial charge in [0.25, 0.3) is 0 Å². The molecule has 0 heterocycles. The number of benzene rings is 1. The first-order chi connectivity index (χ1) is 9.04. The summed E-state index contributed by atoms with van der Waals surface area (Å²) in [6.07, 6.45) is 0. The molecule has 3 N–H and O–H groups in total. The maximum Gasteiger partial charge on any atom is 0.224 e. The molecule has 1 atom stereocenters. The Bertz CT molecular complexity index is 388. The van der Waals surface area contributed by atoms with Crippen molar-refractivity contribution in [2.24, 2.45) is 11.7 Å². The van der Waals surface area contributed by atoms with Gasteiger partial charge in [-0.05, 0) is 23.6 Å². The Labute approximate surface area is 115 Å². The lowest BCUT2D eigenvalue weighted by Crippen LogP contribution is -2.35. The zero-order valence-corrected chi connectivity index (χ0v) is 12.0. The van der Waals surface area contributed by atoms with Gasteiger partial charge in [0, 0.05) is 12.5 Å². The van der Waals surface area contributed by atoms with Crippen molar-refractivity contribution in [2.45, 2.75) is 26.7 Å². The van der Waals surface area contributed by atoms with Crippen LogP contribution in [0.2, 0.25) is 0 Å². The zero-order valence-electron chi connectivity index (χ0n) is 12.0. The van der Waals surface area contributed by atoms with E-state index in [1.807, 2.05) is 12.1 Å². The van der Waals surface area contributed by atoms with E-state index in [0.29, 0.717) is 25.6 Å². The Hall–Kier alpha value is -1.55. The van der Waals surface area contributed by atoms with Gasteiger partial charge in [0.05, 0.1) is 6.54 Å². The largest absolute Gasteiger partial charge is 0.492 e. The molecular formula is C15H24N2O2. The summed E-state index contributed by atoms with van der Waals surface area (Å²) in [5, 5.41) is 2.79. The molecule has 106 valence electrons. The number of rotatable bonds is 7. The van der Waals surface area contributed by atoms with E-state index in [1.54, 1.807) is 6.92 Å². The van der Waals surface area contributed by atoms with Gasteiger partial charge in [0.2, 0.25) is 5.91 Å². The summed E-state index contributed by atoms with van der Waals surface area (Å²) in [4.78, 5) is 11.5. The summed E-state index contributed by atoms with van der Waals surface area (Å²) in [6, 6.07) is 8.05. The van der Waals surface area contributed by atoms with Crippen molar-refractivity contribution in [3.05, 3.63) is 29.8 Å². The summed E-state index contributed by atoms with van der Waals surface area (Å²) in [7, 11) is 0. The molecule has 0 radical (unpaired) electrons. The minimum Gasteiger partial charge on any atom is -0.492 e. The number of hydrogen-bond acceptors (Lipinski definition) is 3. The fraction of sp³-hybridized carbons (Fsp3) is 0.533. The van der Waals surface area contributed by atoms with Crippen LogP contribution < -0.4 is 15.8 Å². The van der Waals surface area contributed by atoms with Gasteiger partial charge in [-0.25, -0.2) is 0 Å². The molecule has 0 saturated carbocycles. The Balaban J connectivity index is 2.28. The number of carbonyl (C=O) groups excluding carboxylic acids is 1. The van der Waals surface area contributed by atoms with Gasteiger partial charge >= 0.3 is 0 Å². The smallest absolute Gasteiger partial charge is 0.224 e. The summed E-state index contributed by atoms with van der Waals surface area (Å²) in [5.74, 6) is 1.17. The predicted octanol–water partition coefficient (Wildman–Crippen LogP) is 1.90. The number of nitrogens with two attached hydrogens (primary N) is 1. The van der Waals surface area contributed by atoms with Crippen LogP contribution in [0.3, 0.4) is 0 Å². The molecule has 0 bridgehead atoms. The Morgan fingerprint density at radius 1 is 1.26 bits per heavy atom. The monoisotopic (exact) mass is 264 g/mol. The molecule has 1 unspecified atom stereocenters. The van der Waals surface area contributed by atoms with E-state index in [-0.39, 0.29) is 11.8 Å².